The second kappa shape index (κ2) is 6.66. The Labute approximate surface area is 119 Å². The quantitative estimate of drug-likeness (QED) is 0.743. The minimum atomic E-state index is -0.315. The molecule has 1 aliphatic carbocycles. The smallest absolute Gasteiger partial charge is 0.217 e. The largest absolute Gasteiger partial charge is 0.370 e. The van der Waals surface area contributed by atoms with E-state index in [4.69, 9.17) is 5.73 Å². The Morgan fingerprint density at radius 2 is 1.80 bits per heavy atom. The summed E-state index contributed by atoms with van der Waals surface area (Å²) < 4.78 is 0. The zero-order valence-electron chi connectivity index (χ0n) is 11.7. The van der Waals surface area contributed by atoms with Crippen LogP contribution in [0.4, 0.5) is 0 Å². The normalized spacial score (nSPS) is 17.0. The summed E-state index contributed by atoms with van der Waals surface area (Å²) in [4.78, 5) is 22.0. The number of carbonyl (C=O) groups excluding carboxylic acids is 2. The Balaban J connectivity index is 1.87. The van der Waals surface area contributed by atoms with Crippen LogP contribution in [0.1, 0.15) is 43.2 Å². The number of amides is 1. The number of nitrogens with two attached hydrogens (primary N) is 1. The predicted octanol–water partition coefficient (Wildman–Crippen LogP) is 1.71. The van der Waals surface area contributed by atoms with Crippen molar-refractivity contribution in [1.82, 2.24) is 5.32 Å². The Bertz CT molecular complexity index is 462. The van der Waals surface area contributed by atoms with E-state index in [1.54, 1.807) is 0 Å². The zero-order valence-corrected chi connectivity index (χ0v) is 11.7. The average Bonchev–Trinajstić information content (AvgIpc) is 2.93. The van der Waals surface area contributed by atoms with E-state index in [0.29, 0.717) is 19.4 Å². The maximum atomic E-state index is 11.2. The number of aldehydes is 1. The van der Waals surface area contributed by atoms with E-state index in [-0.39, 0.29) is 11.4 Å². The third kappa shape index (κ3) is 3.90. The fraction of sp³-hybridized carbons (Fsp3) is 0.500. The highest BCUT2D eigenvalue weighted by atomic mass is 16.1. The number of rotatable bonds is 7. The predicted molar refractivity (Wildman–Crippen MR) is 78.1 cm³/mol. The van der Waals surface area contributed by atoms with Crippen LogP contribution in [0.5, 0.6) is 0 Å². The van der Waals surface area contributed by atoms with Crippen LogP contribution in [0.3, 0.4) is 0 Å². The molecule has 108 valence electrons. The first kappa shape index (κ1) is 14.7. The second-order valence-corrected chi connectivity index (χ2v) is 5.62. The molecule has 1 aromatic carbocycles. The van der Waals surface area contributed by atoms with Crippen molar-refractivity contribution >= 4 is 12.2 Å². The molecule has 0 spiro atoms. The summed E-state index contributed by atoms with van der Waals surface area (Å²) in [6.45, 7) is 0.703. The third-order valence-electron chi connectivity index (χ3n) is 4.05. The molecule has 1 fully saturated rings. The first-order chi connectivity index (χ1) is 9.63. The Kier molecular flexibility index (Phi) is 4.90. The lowest BCUT2D eigenvalue weighted by molar-refractivity contribution is -0.118. The van der Waals surface area contributed by atoms with Gasteiger partial charge in [-0.3, -0.25) is 4.79 Å². The lowest BCUT2D eigenvalue weighted by Crippen LogP contribution is -2.43. The van der Waals surface area contributed by atoms with Gasteiger partial charge >= 0.3 is 0 Å². The van der Waals surface area contributed by atoms with Crippen molar-refractivity contribution in [3.05, 3.63) is 35.4 Å². The van der Waals surface area contributed by atoms with E-state index in [0.717, 1.165) is 43.1 Å². The Hall–Kier alpha value is -1.68. The van der Waals surface area contributed by atoms with E-state index in [1.807, 2.05) is 24.3 Å². The maximum absolute atomic E-state index is 11.2. The highest BCUT2D eigenvalue weighted by Crippen LogP contribution is 2.28. The molecule has 0 unspecified atom stereocenters. The van der Waals surface area contributed by atoms with Crippen LogP contribution in [0, 0.1) is 0 Å². The van der Waals surface area contributed by atoms with Crippen LogP contribution in [0.25, 0.3) is 0 Å². The van der Waals surface area contributed by atoms with Crippen LogP contribution in [0.15, 0.2) is 24.3 Å². The van der Waals surface area contributed by atoms with Crippen LogP contribution in [-0.4, -0.2) is 17.7 Å². The number of hydrogen-bond donors (Lipinski definition) is 2. The lowest BCUT2D eigenvalue weighted by Gasteiger charge is -2.23. The summed E-state index contributed by atoms with van der Waals surface area (Å²) >= 11 is 0. The molecule has 1 amide bonds. The molecule has 1 aromatic rings. The number of benzene rings is 1. The van der Waals surface area contributed by atoms with Gasteiger partial charge in [-0.15, -0.1) is 0 Å². The minimum absolute atomic E-state index is 0.273. The van der Waals surface area contributed by atoms with E-state index >= 15 is 0 Å². The maximum Gasteiger partial charge on any atom is 0.217 e. The number of hydrogen-bond acceptors (Lipinski definition) is 3. The average molecular weight is 274 g/mol. The number of carbonyl (C=O) groups is 2. The van der Waals surface area contributed by atoms with Gasteiger partial charge in [0.15, 0.2) is 0 Å². The molecule has 0 aromatic heterocycles. The van der Waals surface area contributed by atoms with Gasteiger partial charge in [-0.25, -0.2) is 0 Å². The zero-order chi connectivity index (χ0) is 14.4. The highest BCUT2D eigenvalue weighted by molar-refractivity contribution is 5.74. The number of nitrogens with one attached hydrogen (secondary N) is 1. The molecule has 20 heavy (non-hydrogen) atoms. The summed E-state index contributed by atoms with van der Waals surface area (Å²) in [5.74, 6) is -0.273. The van der Waals surface area contributed by atoms with Gasteiger partial charge in [-0.2, -0.15) is 0 Å². The van der Waals surface area contributed by atoms with Crippen LogP contribution in [0.2, 0.25) is 0 Å². The molecule has 2 rings (SSSR count). The van der Waals surface area contributed by atoms with Crippen molar-refractivity contribution in [2.45, 2.75) is 50.6 Å². The molecule has 1 saturated carbocycles. The molecule has 0 radical (unpaired) electrons. The molecule has 0 atom stereocenters. The lowest BCUT2D eigenvalue weighted by atomic mass is 9.99. The first-order valence-corrected chi connectivity index (χ1v) is 7.21. The topological polar surface area (TPSA) is 72.2 Å². The summed E-state index contributed by atoms with van der Waals surface area (Å²) in [6.07, 6.45) is 6.25. The number of primary amides is 1. The van der Waals surface area contributed by atoms with Gasteiger partial charge in [0.2, 0.25) is 5.91 Å². The molecule has 0 aliphatic heterocycles. The van der Waals surface area contributed by atoms with E-state index in [2.05, 4.69) is 5.32 Å². The van der Waals surface area contributed by atoms with Gasteiger partial charge in [-0.1, -0.05) is 37.1 Å². The molecular weight excluding hydrogens is 252 g/mol. The molecule has 4 nitrogen and oxygen atoms in total. The van der Waals surface area contributed by atoms with Crippen molar-refractivity contribution in [3.8, 4) is 0 Å². The van der Waals surface area contributed by atoms with Crippen molar-refractivity contribution in [1.29, 1.82) is 0 Å². The van der Waals surface area contributed by atoms with E-state index in [1.165, 1.54) is 0 Å². The van der Waals surface area contributed by atoms with Crippen molar-refractivity contribution < 1.29 is 9.59 Å². The molecule has 3 N–H and O–H groups in total. The molecule has 4 heteroatoms. The van der Waals surface area contributed by atoms with Crippen molar-refractivity contribution in [2.75, 3.05) is 0 Å². The van der Waals surface area contributed by atoms with E-state index < -0.39 is 0 Å². The van der Waals surface area contributed by atoms with Gasteiger partial charge < -0.3 is 15.8 Å². The standard InChI is InChI=1S/C16H22N2O2/c17-15(20)8-7-13-3-5-14(6-4-13)11-18-16(12-19)9-1-2-10-16/h3-6,12,18H,1-2,7-11H2,(H2,17,20). The van der Waals surface area contributed by atoms with Gasteiger partial charge in [0, 0.05) is 13.0 Å². The third-order valence-corrected chi connectivity index (χ3v) is 4.05. The van der Waals surface area contributed by atoms with Crippen molar-refractivity contribution in [2.24, 2.45) is 5.73 Å². The molecule has 0 saturated heterocycles. The SMILES string of the molecule is NC(=O)CCc1ccc(CNC2(C=O)CCCC2)cc1. The highest BCUT2D eigenvalue weighted by Gasteiger charge is 2.32. The number of aryl methyl sites for hydroxylation is 1. The molecular formula is C16H22N2O2. The van der Waals surface area contributed by atoms with E-state index in [9.17, 15) is 9.59 Å². The fourth-order valence-corrected chi connectivity index (χ4v) is 2.71. The molecule has 1 aliphatic rings. The van der Waals surface area contributed by atoms with Gasteiger partial charge in [0.25, 0.3) is 0 Å². The van der Waals surface area contributed by atoms with Gasteiger partial charge in [0.05, 0.1) is 5.54 Å². The van der Waals surface area contributed by atoms with Gasteiger partial charge in [0.1, 0.15) is 6.29 Å². The summed E-state index contributed by atoms with van der Waals surface area (Å²) in [6, 6.07) is 8.11. The van der Waals surface area contributed by atoms with Crippen LogP contribution < -0.4 is 11.1 Å². The monoisotopic (exact) mass is 274 g/mol. The Morgan fingerprint density at radius 1 is 1.20 bits per heavy atom. The van der Waals surface area contributed by atoms with Crippen LogP contribution in [-0.2, 0) is 22.6 Å². The minimum Gasteiger partial charge on any atom is -0.370 e. The second-order valence-electron chi connectivity index (χ2n) is 5.62. The first-order valence-electron chi connectivity index (χ1n) is 7.21. The summed E-state index contributed by atoms with van der Waals surface area (Å²) in [5.41, 5.74) is 7.08. The Morgan fingerprint density at radius 3 is 2.35 bits per heavy atom. The van der Waals surface area contributed by atoms with Crippen LogP contribution >= 0.6 is 0 Å². The van der Waals surface area contributed by atoms with Gasteiger partial charge in [-0.05, 0) is 30.4 Å². The van der Waals surface area contributed by atoms with Crippen molar-refractivity contribution in [3.63, 3.8) is 0 Å². The summed E-state index contributed by atoms with van der Waals surface area (Å²) in [5, 5.41) is 3.39. The molecule has 0 bridgehead atoms. The molecule has 0 heterocycles. The fourth-order valence-electron chi connectivity index (χ4n) is 2.71. The summed E-state index contributed by atoms with van der Waals surface area (Å²) in [7, 11) is 0.